The summed E-state index contributed by atoms with van der Waals surface area (Å²) < 4.78 is 24.9. The lowest BCUT2D eigenvalue weighted by molar-refractivity contribution is 0.102. The molecule has 1 atom stereocenters. The Bertz CT molecular complexity index is 1410. The highest BCUT2D eigenvalue weighted by Gasteiger charge is 2.21. The van der Waals surface area contributed by atoms with Gasteiger partial charge in [0.2, 0.25) is 0 Å². The molecule has 0 fully saturated rings. The van der Waals surface area contributed by atoms with Gasteiger partial charge in [-0.05, 0) is 44.6 Å². The fraction of sp³-hybridized carbons (Fsp3) is 0.346. The average molecular weight is 505 g/mol. The number of rotatable bonds is 4. The van der Waals surface area contributed by atoms with Crippen LogP contribution < -0.4 is 10.1 Å². The molecule has 192 valence electrons. The van der Waals surface area contributed by atoms with Gasteiger partial charge in [-0.1, -0.05) is 13.0 Å². The molecule has 5 rings (SSSR count). The number of aromatic nitrogens is 6. The number of likely N-dealkylation sites (N-methyl/N-ethyl adjacent to an activating group) is 1. The van der Waals surface area contributed by atoms with Crippen molar-refractivity contribution in [3.63, 3.8) is 0 Å². The molecule has 1 aliphatic rings. The Morgan fingerprint density at radius 3 is 2.95 bits per heavy atom. The lowest BCUT2D eigenvalue weighted by Crippen LogP contribution is -2.18. The van der Waals surface area contributed by atoms with Crippen LogP contribution in [0.25, 0.3) is 22.6 Å². The SMILES string of the molecule is C[C@@H]1CCOc2cc(F)c(-c3cnn(CCN(C)C)c3)cc2C(=O)Nc2cccc(n2)-c2nncn2C1. The minimum absolute atomic E-state index is 0.184. The summed E-state index contributed by atoms with van der Waals surface area (Å²) in [6, 6.07) is 8.10. The van der Waals surface area contributed by atoms with Crippen molar-refractivity contribution in [1.29, 1.82) is 0 Å². The quantitative estimate of drug-likeness (QED) is 0.453. The van der Waals surface area contributed by atoms with Crippen LogP contribution in [-0.4, -0.2) is 67.6 Å². The topological polar surface area (TPSA) is 103 Å². The first kappa shape index (κ1) is 24.6. The lowest BCUT2D eigenvalue weighted by atomic mass is 10.0. The van der Waals surface area contributed by atoms with E-state index in [4.69, 9.17) is 4.74 Å². The molecule has 1 amide bonds. The highest BCUT2D eigenvalue weighted by molar-refractivity contribution is 6.06. The van der Waals surface area contributed by atoms with E-state index >= 15 is 4.39 Å². The number of benzene rings is 1. The van der Waals surface area contributed by atoms with Gasteiger partial charge in [0.1, 0.15) is 29.4 Å². The van der Waals surface area contributed by atoms with Gasteiger partial charge in [0.05, 0.1) is 24.9 Å². The van der Waals surface area contributed by atoms with Crippen molar-refractivity contribution in [1.82, 2.24) is 34.4 Å². The fourth-order valence-corrected chi connectivity index (χ4v) is 4.20. The molecule has 0 spiro atoms. The van der Waals surface area contributed by atoms with Crippen molar-refractivity contribution in [2.75, 3.05) is 32.6 Å². The molecule has 0 radical (unpaired) electrons. The molecule has 0 unspecified atom stereocenters. The average Bonchev–Trinajstić information content (AvgIpc) is 3.52. The highest BCUT2D eigenvalue weighted by Crippen LogP contribution is 2.31. The van der Waals surface area contributed by atoms with Crippen LogP contribution in [0.2, 0.25) is 0 Å². The van der Waals surface area contributed by atoms with E-state index in [9.17, 15) is 4.79 Å². The summed E-state index contributed by atoms with van der Waals surface area (Å²) in [5.41, 5.74) is 1.68. The Labute approximate surface area is 214 Å². The van der Waals surface area contributed by atoms with Gasteiger partial charge >= 0.3 is 0 Å². The van der Waals surface area contributed by atoms with Crippen LogP contribution in [0, 0.1) is 11.7 Å². The highest BCUT2D eigenvalue weighted by atomic mass is 19.1. The molecule has 4 heterocycles. The lowest BCUT2D eigenvalue weighted by Gasteiger charge is -2.18. The summed E-state index contributed by atoms with van der Waals surface area (Å²) in [5.74, 6) is 0.432. The Kier molecular flexibility index (Phi) is 6.95. The molecule has 0 saturated heterocycles. The molecule has 1 aliphatic heterocycles. The first-order valence-corrected chi connectivity index (χ1v) is 12.2. The van der Waals surface area contributed by atoms with Crippen LogP contribution in [-0.2, 0) is 13.1 Å². The van der Waals surface area contributed by atoms with Crippen LogP contribution in [0.3, 0.4) is 0 Å². The number of pyridine rings is 1. The first-order chi connectivity index (χ1) is 17.9. The second kappa shape index (κ2) is 10.5. The maximum absolute atomic E-state index is 15.3. The second-order valence-corrected chi connectivity index (χ2v) is 9.53. The van der Waals surface area contributed by atoms with Crippen LogP contribution in [0.4, 0.5) is 10.2 Å². The molecular formula is C26H29FN8O2. The van der Waals surface area contributed by atoms with E-state index < -0.39 is 11.7 Å². The van der Waals surface area contributed by atoms with Crippen molar-refractivity contribution in [3.8, 4) is 28.4 Å². The van der Waals surface area contributed by atoms with Gasteiger partial charge in [0, 0.05) is 36.5 Å². The molecule has 37 heavy (non-hydrogen) atoms. The summed E-state index contributed by atoms with van der Waals surface area (Å²) in [5, 5.41) is 15.4. The van der Waals surface area contributed by atoms with Gasteiger partial charge in [-0.2, -0.15) is 5.10 Å². The van der Waals surface area contributed by atoms with Gasteiger partial charge in [-0.3, -0.25) is 9.48 Å². The standard InChI is InChI=1S/C26H29FN8O2/c1-17-7-10-37-23-12-21(27)19(18-13-29-35(15-18)9-8-33(2)3)11-20(23)26(36)31-24-6-4-5-22(30-24)25-32-28-16-34(25)14-17/h4-6,11-13,15-17H,7-10,14H2,1-3H3,(H,30,31,36)/t17-/m1/s1. The minimum Gasteiger partial charge on any atom is -0.493 e. The van der Waals surface area contributed by atoms with Crippen molar-refractivity contribution in [2.45, 2.75) is 26.4 Å². The van der Waals surface area contributed by atoms with Crippen LogP contribution in [0.1, 0.15) is 23.7 Å². The molecule has 3 aromatic heterocycles. The summed E-state index contributed by atoms with van der Waals surface area (Å²) >= 11 is 0. The molecule has 2 bridgehead atoms. The molecule has 1 aromatic carbocycles. The van der Waals surface area contributed by atoms with Crippen molar-refractivity contribution >= 4 is 11.7 Å². The minimum atomic E-state index is -0.484. The van der Waals surface area contributed by atoms with E-state index in [1.54, 1.807) is 35.5 Å². The summed E-state index contributed by atoms with van der Waals surface area (Å²) in [6.45, 7) is 4.54. The van der Waals surface area contributed by atoms with E-state index in [0.717, 1.165) is 6.54 Å². The van der Waals surface area contributed by atoms with Crippen molar-refractivity contribution in [2.24, 2.45) is 5.92 Å². The zero-order chi connectivity index (χ0) is 25.9. The third-order valence-corrected chi connectivity index (χ3v) is 6.25. The Morgan fingerprint density at radius 1 is 1.24 bits per heavy atom. The van der Waals surface area contributed by atoms with E-state index in [2.05, 4.69) is 32.5 Å². The number of nitrogens with one attached hydrogen (secondary N) is 1. The van der Waals surface area contributed by atoms with Crippen LogP contribution in [0.5, 0.6) is 5.75 Å². The van der Waals surface area contributed by atoms with Gasteiger partial charge in [0.15, 0.2) is 5.82 Å². The third-order valence-electron chi connectivity index (χ3n) is 6.25. The predicted octanol–water partition coefficient (Wildman–Crippen LogP) is 3.58. The summed E-state index contributed by atoms with van der Waals surface area (Å²) in [7, 11) is 3.96. The van der Waals surface area contributed by atoms with E-state index in [1.165, 1.54) is 12.1 Å². The smallest absolute Gasteiger partial charge is 0.260 e. The number of nitrogens with zero attached hydrogens (tertiary/aromatic N) is 7. The Morgan fingerprint density at radius 2 is 2.11 bits per heavy atom. The molecule has 0 saturated carbocycles. The molecule has 4 aromatic rings. The van der Waals surface area contributed by atoms with Gasteiger partial charge in [-0.15, -0.1) is 10.2 Å². The summed E-state index contributed by atoms with van der Waals surface area (Å²) in [6.07, 6.45) is 5.73. The third kappa shape index (κ3) is 5.51. The maximum atomic E-state index is 15.3. The predicted molar refractivity (Wildman–Crippen MR) is 137 cm³/mol. The van der Waals surface area contributed by atoms with Gasteiger partial charge < -0.3 is 19.5 Å². The molecular weight excluding hydrogens is 475 g/mol. The molecule has 11 heteroatoms. The van der Waals surface area contributed by atoms with Crippen molar-refractivity contribution in [3.05, 3.63) is 60.4 Å². The Hall–Kier alpha value is -4.12. The fourth-order valence-electron chi connectivity index (χ4n) is 4.20. The van der Waals surface area contributed by atoms with Crippen LogP contribution >= 0.6 is 0 Å². The number of fused-ring (bicyclic) bond motifs is 5. The normalized spacial score (nSPS) is 15.9. The molecule has 1 N–H and O–H groups in total. The monoisotopic (exact) mass is 504 g/mol. The Balaban J connectivity index is 1.51. The zero-order valence-corrected chi connectivity index (χ0v) is 21.1. The van der Waals surface area contributed by atoms with Gasteiger partial charge in [0.25, 0.3) is 5.91 Å². The first-order valence-electron chi connectivity index (χ1n) is 12.2. The number of anilines is 1. The number of hydrogen-bond donors (Lipinski definition) is 1. The number of ether oxygens (including phenoxy) is 1. The number of halogens is 1. The van der Waals surface area contributed by atoms with Gasteiger partial charge in [-0.25, -0.2) is 9.37 Å². The molecule has 10 nitrogen and oxygen atoms in total. The maximum Gasteiger partial charge on any atom is 0.260 e. The van der Waals surface area contributed by atoms with E-state index in [-0.39, 0.29) is 22.8 Å². The van der Waals surface area contributed by atoms with E-state index in [1.807, 2.05) is 29.6 Å². The zero-order valence-electron chi connectivity index (χ0n) is 21.1. The summed E-state index contributed by atoms with van der Waals surface area (Å²) in [4.78, 5) is 20.0. The number of carbonyl (C=O) groups excluding carboxylic acids is 1. The number of carbonyl (C=O) groups is 1. The van der Waals surface area contributed by atoms with E-state index in [0.29, 0.717) is 49.0 Å². The molecule has 0 aliphatic carbocycles. The second-order valence-electron chi connectivity index (χ2n) is 9.53. The van der Waals surface area contributed by atoms with Crippen LogP contribution in [0.15, 0.2) is 49.1 Å². The number of hydrogen-bond acceptors (Lipinski definition) is 7. The largest absolute Gasteiger partial charge is 0.493 e. The van der Waals surface area contributed by atoms with Crippen molar-refractivity contribution < 1.29 is 13.9 Å². The number of amides is 1.